The van der Waals surface area contributed by atoms with E-state index in [0.29, 0.717) is 28.9 Å². The van der Waals surface area contributed by atoms with Crippen molar-refractivity contribution >= 4 is 23.3 Å². The number of carbonyl (C=O) groups is 1. The molecular formula is C13H20ClN3O. The monoisotopic (exact) mass is 269 g/mol. The third-order valence-corrected chi connectivity index (χ3v) is 2.90. The van der Waals surface area contributed by atoms with E-state index in [9.17, 15) is 4.79 Å². The summed E-state index contributed by atoms with van der Waals surface area (Å²) in [6.07, 6.45) is 1.50. The first-order chi connectivity index (χ1) is 8.49. The predicted molar refractivity (Wildman–Crippen MR) is 75.2 cm³/mol. The first-order valence-corrected chi connectivity index (χ1v) is 6.50. The topological polar surface area (TPSA) is 45.2 Å². The normalized spacial score (nSPS) is 10.6. The lowest BCUT2D eigenvalue weighted by atomic mass is 10.1. The summed E-state index contributed by atoms with van der Waals surface area (Å²) in [4.78, 5) is 18.3. The minimum Gasteiger partial charge on any atom is -0.373 e. The molecule has 0 atom stereocenters. The highest BCUT2D eigenvalue weighted by Crippen LogP contribution is 2.20. The summed E-state index contributed by atoms with van der Waals surface area (Å²) >= 11 is 6.05. The second-order valence-corrected chi connectivity index (χ2v) is 4.94. The first kappa shape index (κ1) is 14.8. The van der Waals surface area contributed by atoms with Crippen LogP contribution in [-0.2, 0) is 0 Å². The van der Waals surface area contributed by atoms with Gasteiger partial charge in [0.1, 0.15) is 5.82 Å². The lowest BCUT2D eigenvalue weighted by molar-refractivity contribution is 0.0746. The highest BCUT2D eigenvalue weighted by atomic mass is 35.5. The highest BCUT2D eigenvalue weighted by molar-refractivity contribution is 6.33. The van der Waals surface area contributed by atoms with Gasteiger partial charge in [0.05, 0.1) is 10.6 Å². The van der Waals surface area contributed by atoms with Crippen LogP contribution in [0.1, 0.15) is 31.1 Å². The number of hydrogen-bond donors (Lipinski definition) is 1. The van der Waals surface area contributed by atoms with Crippen LogP contribution in [0.4, 0.5) is 5.82 Å². The van der Waals surface area contributed by atoms with E-state index in [2.05, 4.69) is 24.1 Å². The van der Waals surface area contributed by atoms with Crippen molar-refractivity contribution in [1.82, 2.24) is 9.88 Å². The summed E-state index contributed by atoms with van der Waals surface area (Å²) < 4.78 is 0. The van der Waals surface area contributed by atoms with Crippen LogP contribution in [-0.4, -0.2) is 35.9 Å². The van der Waals surface area contributed by atoms with Crippen LogP contribution in [0.3, 0.4) is 0 Å². The van der Waals surface area contributed by atoms with Gasteiger partial charge in [-0.05, 0) is 18.9 Å². The molecule has 0 spiro atoms. The van der Waals surface area contributed by atoms with Gasteiger partial charge in [-0.1, -0.05) is 25.4 Å². The lowest BCUT2D eigenvalue weighted by Gasteiger charge is -2.23. The number of halogens is 1. The number of amides is 1. The smallest absolute Gasteiger partial charge is 0.255 e. The molecule has 1 aromatic heterocycles. The number of nitrogens with one attached hydrogen (secondary N) is 1. The van der Waals surface area contributed by atoms with Gasteiger partial charge in [-0.15, -0.1) is 0 Å². The number of nitrogens with zero attached hydrogens (tertiary/aromatic N) is 2. The second-order valence-electron chi connectivity index (χ2n) is 4.54. The van der Waals surface area contributed by atoms with E-state index in [0.717, 1.165) is 6.54 Å². The number of rotatable bonds is 5. The van der Waals surface area contributed by atoms with E-state index in [-0.39, 0.29) is 5.91 Å². The van der Waals surface area contributed by atoms with Crippen molar-refractivity contribution in [3.05, 3.63) is 22.8 Å². The first-order valence-electron chi connectivity index (χ1n) is 6.12. The van der Waals surface area contributed by atoms with Crippen LogP contribution in [0, 0.1) is 5.92 Å². The Bertz CT molecular complexity index is 421. The van der Waals surface area contributed by atoms with E-state index in [1.54, 1.807) is 18.0 Å². The van der Waals surface area contributed by atoms with Gasteiger partial charge in [0.25, 0.3) is 5.91 Å². The maximum Gasteiger partial charge on any atom is 0.255 e. The Labute approximate surface area is 113 Å². The van der Waals surface area contributed by atoms with E-state index in [1.165, 1.54) is 6.20 Å². The Morgan fingerprint density at radius 3 is 2.72 bits per heavy atom. The molecule has 0 aliphatic rings. The molecule has 0 saturated carbocycles. The molecule has 1 N–H and O–H groups in total. The summed E-state index contributed by atoms with van der Waals surface area (Å²) in [5.41, 5.74) is 0.499. The summed E-state index contributed by atoms with van der Waals surface area (Å²) in [5, 5.41) is 3.30. The molecule has 100 valence electrons. The maximum absolute atomic E-state index is 12.4. The van der Waals surface area contributed by atoms with Crippen molar-refractivity contribution in [3.63, 3.8) is 0 Å². The van der Waals surface area contributed by atoms with Crippen LogP contribution < -0.4 is 5.32 Å². The highest BCUT2D eigenvalue weighted by Gasteiger charge is 2.18. The molecule has 0 bridgehead atoms. The number of aromatic nitrogens is 1. The summed E-state index contributed by atoms with van der Waals surface area (Å²) in [7, 11) is 1.76. The maximum atomic E-state index is 12.4. The van der Waals surface area contributed by atoms with E-state index in [4.69, 9.17) is 11.6 Å². The van der Waals surface area contributed by atoms with Gasteiger partial charge < -0.3 is 10.2 Å². The molecule has 4 nitrogen and oxygen atoms in total. The van der Waals surface area contributed by atoms with Crippen LogP contribution in [0.15, 0.2) is 12.3 Å². The van der Waals surface area contributed by atoms with Crippen molar-refractivity contribution < 1.29 is 4.79 Å². The fraction of sp³-hybridized carbons (Fsp3) is 0.538. The Hall–Kier alpha value is -1.29. The van der Waals surface area contributed by atoms with Crippen molar-refractivity contribution in [2.45, 2.75) is 20.8 Å². The third kappa shape index (κ3) is 3.60. The largest absolute Gasteiger partial charge is 0.373 e. The molecule has 1 rings (SSSR count). The lowest BCUT2D eigenvalue weighted by Crippen LogP contribution is -2.34. The molecule has 0 aliphatic carbocycles. The average molecular weight is 270 g/mol. The molecule has 0 saturated heterocycles. The SMILES string of the molecule is CCN(CC(C)C)C(=O)c1cc(NC)ncc1Cl. The average Bonchev–Trinajstić information content (AvgIpc) is 2.35. The van der Waals surface area contributed by atoms with Gasteiger partial charge in [-0.25, -0.2) is 4.98 Å². The van der Waals surface area contributed by atoms with Crippen LogP contribution in [0.5, 0.6) is 0 Å². The van der Waals surface area contributed by atoms with Gasteiger partial charge in [-0.2, -0.15) is 0 Å². The Balaban J connectivity index is 3.00. The predicted octanol–water partition coefficient (Wildman–Crippen LogP) is 2.89. The Morgan fingerprint density at radius 1 is 1.56 bits per heavy atom. The number of pyridine rings is 1. The molecule has 0 fully saturated rings. The van der Waals surface area contributed by atoms with Crippen LogP contribution in [0.2, 0.25) is 5.02 Å². The molecular weight excluding hydrogens is 250 g/mol. The molecule has 0 radical (unpaired) electrons. The Kier molecular flexibility index (Phi) is 5.41. The fourth-order valence-electron chi connectivity index (χ4n) is 1.71. The van der Waals surface area contributed by atoms with Gasteiger partial charge >= 0.3 is 0 Å². The second kappa shape index (κ2) is 6.59. The molecule has 0 aromatic carbocycles. The zero-order chi connectivity index (χ0) is 13.7. The van der Waals surface area contributed by atoms with Gasteiger partial charge in [0.15, 0.2) is 0 Å². The summed E-state index contributed by atoms with van der Waals surface area (Å²) in [6, 6.07) is 1.69. The molecule has 0 aliphatic heterocycles. The Morgan fingerprint density at radius 2 is 2.22 bits per heavy atom. The molecule has 0 unspecified atom stereocenters. The number of carbonyl (C=O) groups excluding carboxylic acids is 1. The standard InChI is InChI=1S/C13H20ClN3O/c1-5-17(8-9(2)3)13(18)10-6-12(15-4)16-7-11(10)14/h6-7,9H,5,8H2,1-4H3,(H,15,16). The minimum atomic E-state index is -0.0462. The molecule has 1 amide bonds. The van der Waals surface area contributed by atoms with Crippen molar-refractivity contribution in [2.75, 3.05) is 25.5 Å². The summed E-state index contributed by atoms with van der Waals surface area (Å²) in [5.74, 6) is 1.02. The van der Waals surface area contributed by atoms with Crippen LogP contribution >= 0.6 is 11.6 Å². The zero-order valence-corrected chi connectivity index (χ0v) is 12.1. The molecule has 1 aromatic rings. The van der Waals surface area contributed by atoms with Crippen molar-refractivity contribution in [3.8, 4) is 0 Å². The van der Waals surface area contributed by atoms with Crippen LogP contribution in [0.25, 0.3) is 0 Å². The third-order valence-electron chi connectivity index (χ3n) is 2.60. The molecule has 1 heterocycles. The summed E-state index contributed by atoms with van der Waals surface area (Å²) in [6.45, 7) is 7.54. The molecule has 5 heteroatoms. The fourth-order valence-corrected chi connectivity index (χ4v) is 1.89. The molecule has 18 heavy (non-hydrogen) atoms. The van der Waals surface area contributed by atoms with Gasteiger partial charge in [-0.3, -0.25) is 4.79 Å². The van der Waals surface area contributed by atoms with E-state index < -0.39 is 0 Å². The van der Waals surface area contributed by atoms with E-state index >= 15 is 0 Å². The zero-order valence-electron chi connectivity index (χ0n) is 11.3. The van der Waals surface area contributed by atoms with Crippen molar-refractivity contribution in [2.24, 2.45) is 5.92 Å². The number of anilines is 1. The van der Waals surface area contributed by atoms with Gasteiger partial charge in [0.2, 0.25) is 0 Å². The van der Waals surface area contributed by atoms with Crippen molar-refractivity contribution in [1.29, 1.82) is 0 Å². The quantitative estimate of drug-likeness (QED) is 0.894. The number of hydrogen-bond acceptors (Lipinski definition) is 3. The minimum absolute atomic E-state index is 0.0462. The van der Waals surface area contributed by atoms with Gasteiger partial charge in [0, 0.05) is 26.3 Å². The van der Waals surface area contributed by atoms with E-state index in [1.807, 2.05) is 6.92 Å².